The molecule has 0 aliphatic carbocycles. The molecular weight excluding hydrogens is 417 g/mol. The first-order chi connectivity index (χ1) is 14.9. The lowest BCUT2D eigenvalue weighted by Gasteiger charge is -2.40. The highest BCUT2D eigenvalue weighted by molar-refractivity contribution is 5.68. The minimum absolute atomic E-state index is 0.165. The second-order valence-corrected chi connectivity index (χ2v) is 9.31. The van der Waals surface area contributed by atoms with E-state index in [1.54, 1.807) is 17.0 Å². The predicted molar refractivity (Wildman–Crippen MR) is 120 cm³/mol. The fraction of sp³-hybridized carbons (Fsp3) is 0.480. The number of aryl methyl sites for hydroxylation is 1. The number of benzene rings is 2. The Bertz CT molecular complexity index is 915. The Morgan fingerprint density at radius 1 is 1.06 bits per heavy atom. The van der Waals surface area contributed by atoms with Crippen LogP contribution in [0.1, 0.15) is 50.3 Å². The molecule has 174 valence electrons. The van der Waals surface area contributed by atoms with E-state index in [1.165, 1.54) is 13.0 Å². The van der Waals surface area contributed by atoms with Gasteiger partial charge in [-0.15, -0.1) is 0 Å². The van der Waals surface area contributed by atoms with Crippen LogP contribution in [-0.2, 0) is 17.5 Å². The molecule has 4 nitrogen and oxygen atoms in total. The van der Waals surface area contributed by atoms with E-state index < -0.39 is 17.3 Å². The second kappa shape index (κ2) is 9.43. The lowest BCUT2D eigenvalue weighted by atomic mass is 10.00. The van der Waals surface area contributed by atoms with Crippen molar-refractivity contribution in [1.29, 1.82) is 0 Å². The zero-order valence-electron chi connectivity index (χ0n) is 19.1. The van der Waals surface area contributed by atoms with Crippen LogP contribution in [0.15, 0.2) is 48.5 Å². The molecule has 1 amide bonds. The minimum atomic E-state index is -4.35. The Hall–Kier alpha value is -2.70. The average molecular weight is 449 g/mol. The van der Waals surface area contributed by atoms with E-state index in [2.05, 4.69) is 4.90 Å². The van der Waals surface area contributed by atoms with Gasteiger partial charge < -0.3 is 14.5 Å². The lowest BCUT2D eigenvalue weighted by molar-refractivity contribution is -0.138. The molecule has 0 unspecified atom stereocenters. The van der Waals surface area contributed by atoms with Crippen molar-refractivity contribution in [2.24, 2.45) is 0 Å². The van der Waals surface area contributed by atoms with Crippen molar-refractivity contribution >= 4 is 11.8 Å². The number of para-hydroxylation sites is 1. The number of ether oxygens (including phenoxy) is 1. The first-order valence-corrected chi connectivity index (χ1v) is 10.9. The van der Waals surface area contributed by atoms with Crippen LogP contribution >= 0.6 is 0 Å². The summed E-state index contributed by atoms with van der Waals surface area (Å²) in [5.41, 5.74) is 0.931. The van der Waals surface area contributed by atoms with Gasteiger partial charge in [-0.2, -0.15) is 13.2 Å². The number of alkyl halides is 3. The fourth-order valence-corrected chi connectivity index (χ4v) is 4.08. The third kappa shape index (κ3) is 6.17. The van der Waals surface area contributed by atoms with Crippen molar-refractivity contribution in [2.75, 3.05) is 18.0 Å². The Morgan fingerprint density at radius 3 is 2.22 bits per heavy atom. The van der Waals surface area contributed by atoms with Crippen molar-refractivity contribution in [3.05, 3.63) is 65.2 Å². The van der Waals surface area contributed by atoms with Crippen LogP contribution in [0.3, 0.4) is 0 Å². The first-order valence-electron chi connectivity index (χ1n) is 10.9. The van der Waals surface area contributed by atoms with Gasteiger partial charge >= 0.3 is 12.3 Å². The van der Waals surface area contributed by atoms with Gasteiger partial charge in [-0.25, -0.2) is 4.79 Å². The normalized spacial score (nSPS) is 15.5. The number of carbonyl (C=O) groups is 1. The monoisotopic (exact) mass is 448 g/mol. The van der Waals surface area contributed by atoms with Gasteiger partial charge in [0.15, 0.2) is 0 Å². The molecule has 7 heteroatoms. The number of amides is 1. The summed E-state index contributed by atoms with van der Waals surface area (Å²) in [5.74, 6) is 0. The van der Waals surface area contributed by atoms with Crippen LogP contribution in [0.5, 0.6) is 0 Å². The van der Waals surface area contributed by atoms with E-state index in [0.29, 0.717) is 19.6 Å². The first kappa shape index (κ1) is 24.0. The molecule has 0 atom stereocenters. The minimum Gasteiger partial charge on any atom is -0.444 e. The quantitative estimate of drug-likeness (QED) is 0.541. The van der Waals surface area contributed by atoms with Gasteiger partial charge in [-0.05, 0) is 69.9 Å². The zero-order chi connectivity index (χ0) is 23.5. The van der Waals surface area contributed by atoms with Crippen LogP contribution in [0, 0.1) is 6.92 Å². The van der Waals surface area contributed by atoms with Gasteiger partial charge in [0.05, 0.1) is 5.56 Å². The predicted octanol–water partition coefficient (Wildman–Crippen LogP) is 6.42. The molecular formula is C25H31F3N2O2. The third-order valence-electron chi connectivity index (χ3n) is 5.59. The van der Waals surface area contributed by atoms with Crippen molar-refractivity contribution in [3.63, 3.8) is 0 Å². The van der Waals surface area contributed by atoms with Crippen molar-refractivity contribution < 1.29 is 22.7 Å². The molecule has 0 bridgehead atoms. The summed E-state index contributed by atoms with van der Waals surface area (Å²) in [6.45, 7) is 8.70. The van der Waals surface area contributed by atoms with Gasteiger partial charge in [-0.1, -0.05) is 30.3 Å². The topological polar surface area (TPSA) is 32.8 Å². The fourth-order valence-electron chi connectivity index (χ4n) is 4.08. The van der Waals surface area contributed by atoms with Crippen LogP contribution < -0.4 is 4.90 Å². The molecule has 1 aliphatic rings. The second-order valence-electron chi connectivity index (χ2n) is 9.31. The number of likely N-dealkylation sites (tertiary alicyclic amines) is 1. The van der Waals surface area contributed by atoms with E-state index in [4.69, 9.17) is 4.74 Å². The average Bonchev–Trinajstić information content (AvgIpc) is 2.71. The van der Waals surface area contributed by atoms with Gasteiger partial charge in [0.2, 0.25) is 0 Å². The molecule has 2 aromatic rings. The summed E-state index contributed by atoms with van der Waals surface area (Å²) in [6, 6.07) is 14.4. The highest BCUT2D eigenvalue weighted by Crippen LogP contribution is 2.33. The van der Waals surface area contributed by atoms with Crippen molar-refractivity contribution in [3.8, 4) is 0 Å². The molecule has 0 radical (unpaired) electrons. The van der Waals surface area contributed by atoms with Gasteiger partial charge in [0, 0.05) is 31.4 Å². The molecule has 2 aromatic carbocycles. The molecule has 3 rings (SSSR count). The van der Waals surface area contributed by atoms with Crippen molar-refractivity contribution in [1.82, 2.24) is 4.90 Å². The molecule has 1 fully saturated rings. The third-order valence-corrected chi connectivity index (χ3v) is 5.59. The van der Waals surface area contributed by atoms with E-state index in [1.807, 2.05) is 51.1 Å². The molecule has 0 spiro atoms. The Kier molecular flexibility index (Phi) is 7.06. The van der Waals surface area contributed by atoms with Crippen LogP contribution in [0.4, 0.5) is 23.7 Å². The van der Waals surface area contributed by atoms with E-state index in [9.17, 15) is 18.0 Å². The smallest absolute Gasteiger partial charge is 0.416 e. The number of nitrogens with zero attached hydrogens (tertiary/aromatic N) is 2. The summed E-state index contributed by atoms with van der Waals surface area (Å²) in [4.78, 5) is 16.4. The molecule has 0 aromatic heterocycles. The number of anilines is 1. The molecule has 0 saturated carbocycles. The maximum Gasteiger partial charge on any atom is 0.416 e. The molecule has 1 aliphatic heterocycles. The van der Waals surface area contributed by atoms with E-state index in [-0.39, 0.29) is 17.7 Å². The standard InChI is InChI=1S/C25H31F3N2O2/c1-18-16-19(10-11-22(18)25(26,27)28)17-30(20-8-6-5-7-9-20)21-12-14-29(15-13-21)23(31)32-24(2,3)4/h5-11,16,21H,12-15,17H2,1-4H3. The Labute approximate surface area is 188 Å². The maximum atomic E-state index is 13.2. The maximum absolute atomic E-state index is 13.2. The van der Waals surface area contributed by atoms with E-state index in [0.717, 1.165) is 24.1 Å². The number of carbonyl (C=O) groups excluding carboxylic acids is 1. The summed E-state index contributed by atoms with van der Waals surface area (Å²) < 4.78 is 44.9. The van der Waals surface area contributed by atoms with Crippen molar-refractivity contribution in [2.45, 2.75) is 64.9 Å². The number of rotatable bonds is 4. The molecule has 1 saturated heterocycles. The highest BCUT2D eigenvalue weighted by atomic mass is 19.4. The lowest BCUT2D eigenvalue weighted by Crippen LogP contribution is -2.48. The van der Waals surface area contributed by atoms with Gasteiger partial charge in [0.1, 0.15) is 5.60 Å². The number of hydrogen-bond acceptors (Lipinski definition) is 3. The summed E-state index contributed by atoms with van der Waals surface area (Å²) in [5, 5.41) is 0. The SMILES string of the molecule is Cc1cc(CN(c2ccccc2)C2CCN(C(=O)OC(C)(C)C)CC2)ccc1C(F)(F)F. The number of hydrogen-bond donors (Lipinski definition) is 0. The van der Waals surface area contributed by atoms with Gasteiger partial charge in [-0.3, -0.25) is 0 Å². The summed E-state index contributed by atoms with van der Waals surface area (Å²) >= 11 is 0. The van der Waals surface area contributed by atoms with Gasteiger partial charge in [0.25, 0.3) is 0 Å². The molecule has 1 heterocycles. The zero-order valence-corrected chi connectivity index (χ0v) is 19.1. The molecule has 32 heavy (non-hydrogen) atoms. The van der Waals surface area contributed by atoms with Crippen LogP contribution in [0.2, 0.25) is 0 Å². The highest BCUT2D eigenvalue weighted by Gasteiger charge is 2.33. The Morgan fingerprint density at radius 2 is 1.69 bits per heavy atom. The summed E-state index contributed by atoms with van der Waals surface area (Å²) in [6.07, 6.45) is -3.14. The number of halogens is 3. The summed E-state index contributed by atoms with van der Waals surface area (Å²) in [7, 11) is 0. The van der Waals surface area contributed by atoms with Crippen LogP contribution in [0.25, 0.3) is 0 Å². The largest absolute Gasteiger partial charge is 0.444 e. The molecule has 0 N–H and O–H groups in total. The van der Waals surface area contributed by atoms with E-state index >= 15 is 0 Å². The van der Waals surface area contributed by atoms with Crippen LogP contribution in [-0.4, -0.2) is 35.7 Å². The number of piperidine rings is 1. The Balaban J connectivity index is 1.76.